The van der Waals surface area contributed by atoms with E-state index in [1.807, 2.05) is 12.1 Å². The maximum Gasteiger partial charge on any atom is 0.335 e. The molecule has 1 saturated carbocycles. The minimum absolute atomic E-state index is 0.237. The van der Waals surface area contributed by atoms with Crippen LogP contribution >= 0.6 is 0 Å². The molecule has 2 heterocycles. The molecule has 5 rings (SSSR count). The molecule has 5 nitrogen and oxygen atoms in total. The van der Waals surface area contributed by atoms with Gasteiger partial charge in [0.1, 0.15) is 12.6 Å². The number of benzene rings is 2. The first kappa shape index (κ1) is 17.6. The van der Waals surface area contributed by atoms with Crippen LogP contribution < -0.4 is 9.55 Å². The molecule has 5 heteroatoms. The van der Waals surface area contributed by atoms with E-state index >= 15 is 0 Å². The number of nitrogens with one attached hydrogen (secondary N) is 1. The van der Waals surface area contributed by atoms with E-state index in [9.17, 15) is 15.1 Å². The smallest absolute Gasteiger partial charge is 0.335 e. The molecule has 0 bridgehead atoms. The topological polar surface area (TPSA) is 64.8 Å². The summed E-state index contributed by atoms with van der Waals surface area (Å²) in [6, 6.07) is 14.2. The molecular formula is C23H25N2O3+. The molecule has 1 fully saturated rings. The number of carbonyl (C=O) groups is 1. The third-order valence-electron chi connectivity index (χ3n) is 6.69. The van der Waals surface area contributed by atoms with Crippen molar-refractivity contribution < 1.29 is 15.0 Å². The summed E-state index contributed by atoms with van der Waals surface area (Å²) in [6.07, 6.45) is 8.02. The van der Waals surface area contributed by atoms with Gasteiger partial charge in [-0.25, -0.2) is 9.28 Å². The van der Waals surface area contributed by atoms with Crippen LogP contribution in [0.1, 0.15) is 53.6 Å². The Morgan fingerprint density at radius 2 is 1.82 bits per heavy atom. The number of hydrogen-bond acceptors (Lipinski definition) is 2. The van der Waals surface area contributed by atoms with Crippen molar-refractivity contribution >= 4 is 23.4 Å². The molecule has 0 amide bonds. The second-order valence-electron chi connectivity index (χ2n) is 8.25. The lowest BCUT2D eigenvalue weighted by molar-refractivity contribution is -0.857. The molecule has 144 valence electrons. The molecule has 2 unspecified atom stereocenters. The molecule has 0 spiro atoms. The average Bonchev–Trinajstić information content (AvgIpc) is 2.95. The molecule has 2 atom stereocenters. The van der Waals surface area contributed by atoms with Crippen LogP contribution in [0.15, 0.2) is 48.2 Å². The van der Waals surface area contributed by atoms with Gasteiger partial charge in [0.25, 0.3) is 0 Å². The van der Waals surface area contributed by atoms with E-state index in [0.29, 0.717) is 29.2 Å². The molecular weight excluding hydrogens is 352 g/mol. The van der Waals surface area contributed by atoms with Gasteiger partial charge < -0.3 is 15.4 Å². The summed E-state index contributed by atoms with van der Waals surface area (Å²) < 4.78 is 0.622. The van der Waals surface area contributed by atoms with Crippen molar-refractivity contribution in [2.24, 2.45) is 0 Å². The van der Waals surface area contributed by atoms with E-state index in [4.69, 9.17) is 0 Å². The largest absolute Gasteiger partial charge is 0.634 e. The Hall–Kier alpha value is -2.47. The Bertz CT molecular complexity index is 978. The number of para-hydroxylation sites is 1. The number of hydrogen-bond donors (Lipinski definition) is 2. The lowest BCUT2D eigenvalue weighted by atomic mass is 9.89. The van der Waals surface area contributed by atoms with Crippen LogP contribution in [0.2, 0.25) is 0 Å². The summed E-state index contributed by atoms with van der Waals surface area (Å²) in [5, 5.41) is 22.5. The zero-order chi connectivity index (χ0) is 19.3. The van der Waals surface area contributed by atoms with Gasteiger partial charge in [-0.2, -0.15) is 0 Å². The number of quaternary nitrogens is 2. The van der Waals surface area contributed by atoms with Crippen LogP contribution in [0, 0.1) is 5.21 Å². The number of hydroxylamine groups is 2. The van der Waals surface area contributed by atoms with Gasteiger partial charge in [-0.05, 0) is 31.0 Å². The second kappa shape index (κ2) is 6.55. The van der Waals surface area contributed by atoms with Crippen LogP contribution in [0.25, 0.3) is 6.08 Å². The molecule has 3 aliphatic rings. The van der Waals surface area contributed by atoms with E-state index in [-0.39, 0.29) is 5.06 Å². The molecule has 2 aromatic carbocycles. The Morgan fingerprint density at radius 1 is 1.04 bits per heavy atom. The molecule has 0 aromatic heterocycles. The number of fused-ring (bicyclic) bond motifs is 5. The van der Waals surface area contributed by atoms with Crippen molar-refractivity contribution in [1.82, 2.24) is 4.48 Å². The van der Waals surface area contributed by atoms with Gasteiger partial charge in [-0.1, -0.05) is 18.6 Å². The fourth-order valence-electron chi connectivity index (χ4n) is 5.60. The van der Waals surface area contributed by atoms with Crippen LogP contribution in [0.4, 0.5) is 11.4 Å². The fourth-order valence-corrected chi connectivity index (χ4v) is 5.60. The molecule has 1 aliphatic carbocycles. The predicted molar refractivity (Wildman–Crippen MR) is 109 cm³/mol. The Kier molecular flexibility index (Phi) is 4.12. The van der Waals surface area contributed by atoms with E-state index in [1.165, 1.54) is 24.9 Å². The fraction of sp³-hybridized carbons (Fsp3) is 0.348. The van der Waals surface area contributed by atoms with Crippen LogP contribution in [0.3, 0.4) is 0 Å². The summed E-state index contributed by atoms with van der Waals surface area (Å²) >= 11 is 0. The van der Waals surface area contributed by atoms with Crippen molar-refractivity contribution in [2.45, 2.75) is 44.7 Å². The van der Waals surface area contributed by atoms with Crippen molar-refractivity contribution in [1.29, 1.82) is 0 Å². The van der Waals surface area contributed by atoms with Crippen molar-refractivity contribution in [3.8, 4) is 0 Å². The van der Waals surface area contributed by atoms with E-state index in [2.05, 4.69) is 24.3 Å². The van der Waals surface area contributed by atoms with Crippen molar-refractivity contribution in [3.63, 3.8) is 0 Å². The van der Waals surface area contributed by atoms with Gasteiger partial charge in [0.15, 0.2) is 23.6 Å². The lowest BCUT2D eigenvalue weighted by Crippen LogP contribution is -3.06. The van der Waals surface area contributed by atoms with Gasteiger partial charge in [-0.15, -0.1) is 0 Å². The number of nitrogens with zero attached hydrogens (tertiary/aromatic N) is 1. The molecule has 0 saturated heterocycles. The maximum atomic E-state index is 12.8. The highest BCUT2D eigenvalue weighted by molar-refractivity contribution is 5.92. The van der Waals surface area contributed by atoms with Crippen molar-refractivity contribution in [3.05, 3.63) is 70.1 Å². The van der Waals surface area contributed by atoms with Crippen molar-refractivity contribution in [2.75, 3.05) is 6.54 Å². The molecule has 2 N–H and O–H groups in total. The molecule has 2 aromatic rings. The highest BCUT2D eigenvalue weighted by Crippen LogP contribution is 2.53. The van der Waals surface area contributed by atoms with E-state index < -0.39 is 5.97 Å². The highest BCUT2D eigenvalue weighted by Gasteiger charge is 2.53. The summed E-state index contributed by atoms with van der Waals surface area (Å²) in [5.74, 6) is -0.913. The Morgan fingerprint density at radius 3 is 2.61 bits per heavy atom. The summed E-state index contributed by atoms with van der Waals surface area (Å²) in [6.45, 7) is 0.908. The molecule has 0 radical (unpaired) electrons. The molecule has 2 aliphatic heterocycles. The standard InChI is InChI=1S/C23H24N2O3/c26-23(27)16-10-11-22-18(12-16)13-20-15-24(28)14-17-6-4-5-9-21(17)25(20,22)19-7-2-1-3-8-19/h4-6,9-13,19,24H,1-3,7-8,14-15H2/p+1. The maximum absolute atomic E-state index is 12.8. The lowest BCUT2D eigenvalue weighted by Gasteiger charge is -2.44. The minimum Gasteiger partial charge on any atom is -0.634 e. The van der Waals surface area contributed by atoms with Gasteiger partial charge in [0.2, 0.25) is 0 Å². The van der Waals surface area contributed by atoms with E-state index in [0.717, 1.165) is 35.4 Å². The highest BCUT2D eigenvalue weighted by atomic mass is 16.5. The third-order valence-corrected chi connectivity index (χ3v) is 6.69. The normalized spacial score (nSPS) is 26.6. The van der Waals surface area contributed by atoms with Crippen LogP contribution in [-0.4, -0.2) is 23.7 Å². The molecule has 28 heavy (non-hydrogen) atoms. The van der Waals surface area contributed by atoms with Crippen LogP contribution in [0.5, 0.6) is 0 Å². The first-order valence-corrected chi connectivity index (χ1v) is 10.2. The van der Waals surface area contributed by atoms with Gasteiger partial charge in [0.05, 0.1) is 11.1 Å². The minimum atomic E-state index is -0.913. The number of rotatable bonds is 2. The zero-order valence-corrected chi connectivity index (χ0v) is 15.9. The SMILES string of the molecule is O=C(O)c1ccc2c(c1)C=C1C[NH+]([O-])Cc3ccccc3[N+]12C1CCCCC1. The van der Waals surface area contributed by atoms with Gasteiger partial charge in [-0.3, -0.25) is 0 Å². The summed E-state index contributed by atoms with van der Waals surface area (Å²) in [5.41, 5.74) is 5.80. The van der Waals surface area contributed by atoms with E-state index in [1.54, 1.807) is 12.1 Å². The quantitative estimate of drug-likeness (QED) is 0.621. The first-order chi connectivity index (χ1) is 13.6. The number of carboxylic acid groups (broad SMARTS) is 1. The zero-order valence-electron chi connectivity index (χ0n) is 15.9. The predicted octanol–water partition coefficient (Wildman–Crippen LogP) is 3.61. The summed E-state index contributed by atoms with van der Waals surface area (Å²) in [7, 11) is 0. The second-order valence-corrected chi connectivity index (χ2v) is 8.25. The Balaban J connectivity index is 1.80. The number of aromatic carboxylic acids is 1. The average molecular weight is 377 g/mol. The van der Waals surface area contributed by atoms with Gasteiger partial charge >= 0.3 is 5.97 Å². The van der Waals surface area contributed by atoms with Crippen LogP contribution in [-0.2, 0) is 6.54 Å². The van der Waals surface area contributed by atoms with Gasteiger partial charge in [0, 0.05) is 36.6 Å². The third kappa shape index (κ3) is 2.47. The number of carboxylic acids is 1. The summed E-state index contributed by atoms with van der Waals surface area (Å²) in [4.78, 5) is 11.5. The monoisotopic (exact) mass is 377 g/mol. The Labute approximate surface area is 164 Å². The first-order valence-electron chi connectivity index (χ1n) is 10.2.